The Labute approximate surface area is 416 Å². The van der Waals surface area contributed by atoms with Crippen LogP contribution in [0.5, 0.6) is 0 Å². The zero-order valence-electron chi connectivity index (χ0n) is 43.0. The zero-order valence-corrected chi connectivity index (χ0v) is 43.0. The Kier molecular flexibility index (Phi) is 50.6. The van der Waals surface area contributed by atoms with Gasteiger partial charge in [0.05, 0.1) is 0 Å². The number of allylic oxidation sites excluding steroid dienone is 26. The normalized spacial score (nSPS) is 13.4. The minimum atomic E-state index is -0.833. The van der Waals surface area contributed by atoms with Crippen molar-refractivity contribution in [1.82, 2.24) is 0 Å². The minimum Gasteiger partial charge on any atom is -0.462 e. The molecule has 0 rings (SSSR count). The van der Waals surface area contributed by atoms with E-state index in [-0.39, 0.29) is 44.0 Å². The van der Waals surface area contributed by atoms with E-state index in [0.29, 0.717) is 19.3 Å². The highest BCUT2D eigenvalue weighted by atomic mass is 16.6. The van der Waals surface area contributed by atoms with Gasteiger partial charge in [0.15, 0.2) is 6.10 Å². The van der Waals surface area contributed by atoms with Gasteiger partial charge in [0.1, 0.15) is 13.2 Å². The number of rotatable bonds is 45. The van der Waals surface area contributed by atoms with Crippen LogP contribution in [0.25, 0.3) is 0 Å². The molecule has 6 heteroatoms. The summed E-state index contributed by atoms with van der Waals surface area (Å²) in [5.41, 5.74) is 0. The second kappa shape index (κ2) is 54.6. The van der Waals surface area contributed by atoms with Gasteiger partial charge >= 0.3 is 17.9 Å². The molecule has 0 aromatic rings. The first kappa shape index (κ1) is 63.0. The number of esters is 3. The molecule has 0 amide bonds. The van der Waals surface area contributed by atoms with Crippen molar-refractivity contribution in [2.24, 2.45) is 0 Å². The van der Waals surface area contributed by atoms with Crippen LogP contribution in [-0.4, -0.2) is 37.2 Å². The average Bonchev–Trinajstić information content (AvgIpc) is 3.34. The van der Waals surface area contributed by atoms with E-state index >= 15 is 0 Å². The standard InChI is InChI=1S/C62H94O6/c1-4-7-10-13-16-19-22-25-27-29-31-33-35-37-40-43-46-49-52-55-61(64)67-58-59(57-66-60(63)54-51-48-45-42-39-24-21-18-15-12-9-6-3)68-62(65)56-53-50-47-44-41-38-36-34-32-30-28-26-23-20-17-14-11-8-5-2/h7-12,16-21,25-28,31-34,37-42,59H,4-6,13-15,22-24,29-30,35-36,43-58H2,1-3H3/b10-7-,11-8-,12-9-,19-16-,20-17-,21-18-,27-25-,28-26-,33-31-,34-32-,40-37-,41-38-,42-39-. The number of carbonyl (C=O) groups excluding carboxylic acids is 3. The molecule has 0 saturated carbocycles. The molecular weight excluding hydrogens is 841 g/mol. The maximum absolute atomic E-state index is 12.8. The SMILES string of the molecule is CC/C=C\C/C=C\C/C=C\C/C=C\C/C=C\CCCCCC(=O)OCC(COC(=O)CCCC/C=C\C/C=C\C/C=C\CC)OC(=O)CCCCC/C=C\C/C=C\C/C=C\C/C=C\C/C=C\CC. The molecule has 0 saturated heterocycles. The van der Waals surface area contributed by atoms with Gasteiger partial charge in [-0.05, 0) is 141 Å². The zero-order chi connectivity index (χ0) is 49.3. The number of carbonyl (C=O) groups is 3. The molecule has 0 aliphatic carbocycles. The van der Waals surface area contributed by atoms with E-state index in [1.54, 1.807) is 0 Å². The van der Waals surface area contributed by atoms with Gasteiger partial charge in [-0.2, -0.15) is 0 Å². The summed E-state index contributed by atoms with van der Waals surface area (Å²) in [7, 11) is 0. The molecule has 0 spiro atoms. The molecule has 0 aliphatic heterocycles. The van der Waals surface area contributed by atoms with E-state index in [4.69, 9.17) is 14.2 Å². The van der Waals surface area contributed by atoms with Crippen LogP contribution in [0, 0.1) is 0 Å². The maximum Gasteiger partial charge on any atom is 0.306 e. The molecule has 0 fully saturated rings. The highest BCUT2D eigenvalue weighted by Gasteiger charge is 2.19. The Morgan fingerprint density at radius 1 is 0.294 bits per heavy atom. The van der Waals surface area contributed by atoms with Crippen LogP contribution in [0.4, 0.5) is 0 Å². The van der Waals surface area contributed by atoms with Crippen molar-refractivity contribution in [3.63, 3.8) is 0 Å². The lowest BCUT2D eigenvalue weighted by Crippen LogP contribution is -2.30. The Hall–Kier alpha value is -4.97. The summed E-state index contributed by atoms with van der Waals surface area (Å²) in [6, 6.07) is 0. The third-order valence-corrected chi connectivity index (χ3v) is 10.3. The van der Waals surface area contributed by atoms with Crippen LogP contribution in [0.3, 0.4) is 0 Å². The van der Waals surface area contributed by atoms with E-state index in [9.17, 15) is 14.4 Å². The molecule has 0 aliphatic rings. The molecule has 0 aromatic heterocycles. The largest absolute Gasteiger partial charge is 0.462 e. The number of unbranched alkanes of at least 4 members (excludes halogenated alkanes) is 8. The van der Waals surface area contributed by atoms with Gasteiger partial charge in [0.2, 0.25) is 0 Å². The summed E-state index contributed by atoms with van der Waals surface area (Å²) in [4.78, 5) is 38.0. The Balaban J connectivity index is 4.58. The molecule has 378 valence electrons. The molecule has 68 heavy (non-hydrogen) atoms. The Morgan fingerprint density at radius 2 is 0.529 bits per heavy atom. The molecule has 0 bridgehead atoms. The highest BCUT2D eigenvalue weighted by Crippen LogP contribution is 2.11. The third kappa shape index (κ3) is 52.0. The molecule has 0 heterocycles. The minimum absolute atomic E-state index is 0.129. The van der Waals surface area contributed by atoms with Crippen LogP contribution < -0.4 is 0 Å². The summed E-state index contributed by atoms with van der Waals surface area (Å²) in [6.45, 7) is 6.17. The Bertz CT molecular complexity index is 1590. The predicted molar refractivity (Wildman–Crippen MR) is 292 cm³/mol. The molecule has 0 N–H and O–H groups in total. The smallest absolute Gasteiger partial charge is 0.306 e. The lowest BCUT2D eigenvalue weighted by Gasteiger charge is -2.18. The fourth-order valence-electron chi connectivity index (χ4n) is 6.39. The highest BCUT2D eigenvalue weighted by molar-refractivity contribution is 5.71. The number of hydrogen-bond donors (Lipinski definition) is 0. The summed E-state index contributed by atoms with van der Waals surface area (Å²) in [5, 5.41) is 0. The van der Waals surface area contributed by atoms with Gasteiger partial charge in [-0.25, -0.2) is 0 Å². The van der Waals surface area contributed by atoms with E-state index in [2.05, 4.69) is 179 Å². The summed E-state index contributed by atoms with van der Waals surface area (Å²) < 4.78 is 16.7. The fourth-order valence-corrected chi connectivity index (χ4v) is 6.39. The van der Waals surface area contributed by atoms with Gasteiger partial charge in [-0.15, -0.1) is 0 Å². The van der Waals surface area contributed by atoms with E-state index in [1.165, 1.54) is 0 Å². The second-order valence-corrected chi connectivity index (χ2v) is 16.6. The molecule has 0 aromatic carbocycles. The topological polar surface area (TPSA) is 78.9 Å². The van der Waals surface area contributed by atoms with Crippen molar-refractivity contribution in [1.29, 1.82) is 0 Å². The van der Waals surface area contributed by atoms with Gasteiger partial charge in [0.25, 0.3) is 0 Å². The van der Waals surface area contributed by atoms with Crippen molar-refractivity contribution >= 4 is 17.9 Å². The molecule has 1 unspecified atom stereocenters. The van der Waals surface area contributed by atoms with E-state index in [0.717, 1.165) is 141 Å². The molecule has 0 radical (unpaired) electrons. The summed E-state index contributed by atoms with van der Waals surface area (Å²) in [5.74, 6) is -1.04. The maximum atomic E-state index is 12.8. The summed E-state index contributed by atoms with van der Waals surface area (Å²) >= 11 is 0. The fraction of sp³-hybridized carbons (Fsp3) is 0.532. The number of hydrogen-bond acceptors (Lipinski definition) is 6. The van der Waals surface area contributed by atoms with Crippen molar-refractivity contribution in [2.75, 3.05) is 13.2 Å². The van der Waals surface area contributed by atoms with Crippen molar-refractivity contribution in [3.8, 4) is 0 Å². The first-order chi connectivity index (χ1) is 33.5. The quantitative estimate of drug-likeness (QED) is 0.0262. The van der Waals surface area contributed by atoms with Gasteiger partial charge in [-0.3, -0.25) is 14.4 Å². The Morgan fingerprint density at radius 3 is 0.824 bits per heavy atom. The van der Waals surface area contributed by atoms with Crippen LogP contribution in [0.1, 0.15) is 194 Å². The van der Waals surface area contributed by atoms with E-state index in [1.807, 2.05) is 0 Å². The van der Waals surface area contributed by atoms with Crippen molar-refractivity contribution in [3.05, 3.63) is 158 Å². The van der Waals surface area contributed by atoms with Crippen LogP contribution in [0.2, 0.25) is 0 Å². The predicted octanol–water partition coefficient (Wildman–Crippen LogP) is 17.8. The lowest BCUT2D eigenvalue weighted by molar-refractivity contribution is -0.167. The monoisotopic (exact) mass is 935 g/mol. The lowest BCUT2D eigenvalue weighted by atomic mass is 10.1. The van der Waals surface area contributed by atoms with Crippen LogP contribution >= 0.6 is 0 Å². The molecule has 6 nitrogen and oxygen atoms in total. The second-order valence-electron chi connectivity index (χ2n) is 16.6. The third-order valence-electron chi connectivity index (χ3n) is 10.3. The van der Waals surface area contributed by atoms with Crippen molar-refractivity contribution < 1.29 is 28.6 Å². The van der Waals surface area contributed by atoms with Crippen LogP contribution in [0.15, 0.2) is 158 Å². The summed E-state index contributed by atoms with van der Waals surface area (Å²) in [6.07, 6.45) is 79.5. The average molecular weight is 935 g/mol. The van der Waals surface area contributed by atoms with Gasteiger partial charge in [0, 0.05) is 19.3 Å². The van der Waals surface area contributed by atoms with Gasteiger partial charge < -0.3 is 14.2 Å². The number of ether oxygens (including phenoxy) is 3. The van der Waals surface area contributed by atoms with Crippen LogP contribution in [-0.2, 0) is 28.6 Å². The van der Waals surface area contributed by atoms with Crippen molar-refractivity contribution in [2.45, 2.75) is 200 Å². The molecule has 1 atom stereocenters. The van der Waals surface area contributed by atoms with Gasteiger partial charge in [-0.1, -0.05) is 192 Å². The molecular formula is C62H94O6. The first-order valence-corrected chi connectivity index (χ1v) is 26.5. The first-order valence-electron chi connectivity index (χ1n) is 26.5. The van der Waals surface area contributed by atoms with E-state index < -0.39 is 6.10 Å².